The Bertz CT molecular complexity index is 856. The predicted molar refractivity (Wildman–Crippen MR) is 120 cm³/mol. The van der Waals surface area contributed by atoms with E-state index in [1.54, 1.807) is 13.8 Å². The van der Waals surface area contributed by atoms with Crippen molar-refractivity contribution >= 4 is 29.7 Å². The highest BCUT2D eigenvalue weighted by Gasteiger charge is 2.32. The van der Waals surface area contributed by atoms with Crippen molar-refractivity contribution in [3.8, 4) is 0 Å². The first-order chi connectivity index (χ1) is 15.8. The monoisotopic (exact) mass is 482 g/mol. The van der Waals surface area contributed by atoms with Crippen LogP contribution in [0.5, 0.6) is 0 Å². The third kappa shape index (κ3) is 9.57. The summed E-state index contributed by atoms with van der Waals surface area (Å²) in [6, 6.07) is -4.80. The van der Waals surface area contributed by atoms with E-state index in [0.717, 1.165) is 0 Å². The average Bonchev–Trinajstić information content (AvgIpc) is 3.22. The minimum atomic E-state index is -1.67. The van der Waals surface area contributed by atoms with E-state index >= 15 is 0 Å². The van der Waals surface area contributed by atoms with Gasteiger partial charge in [0.2, 0.25) is 17.7 Å². The minimum absolute atomic E-state index is 0.0369. The summed E-state index contributed by atoms with van der Waals surface area (Å²) in [5.74, 6) is -5.34. The molecule has 0 fully saturated rings. The van der Waals surface area contributed by atoms with E-state index in [0.29, 0.717) is 12.1 Å². The van der Waals surface area contributed by atoms with Crippen LogP contribution in [0.2, 0.25) is 0 Å². The van der Waals surface area contributed by atoms with Gasteiger partial charge in [0, 0.05) is 18.3 Å². The number of hydrogen-bond acceptors (Lipinski definition) is 7. The molecule has 1 aromatic heterocycles. The summed E-state index contributed by atoms with van der Waals surface area (Å²) in [6.45, 7) is 7.06. The molecule has 4 atom stereocenters. The fraction of sp³-hybridized carbons (Fsp3) is 0.619. The van der Waals surface area contributed by atoms with E-state index in [1.807, 2.05) is 13.8 Å². The Hall–Kier alpha value is -3.48. The zero-order chi connectivity index (χ0) is 26.0. The van der Waals surface area contributed by atoms with Crippen molar-refractivity contribution in [2.75, 3.05) is 0 Å². The number of aliphatic carboxylic acids is 2. The summed E-state index contributed by atoms with van der Waals surface area (Å²) in [7, 11) is 0. The van der Waals surface area contributed by atoms with Crippen molar-refractivity contribution in [3.05, 3.63) is 18.2 Å². The number of nitrogens with zero attached hydrogens (tertiary/aromatic N) is 1. The molecule has 0 saturated carbocycles. The number of rotatable bonds is 14. The molecule has 0 aliphatic rings. The Morgan fingerprint density at radius 1 is 0.971 bits per heavy atom. The number of carboxylic acids is 2. The van der Waals surface area contributed by atoms with Crippen LogP contribution in [-0.2, 0) is 30.4 Å². The summed E-state index contributed by atoms with van der Waals surface area (Å²) in [4.78, 5) is 67.3. The van der Waals surface area contributed by atoms with E-state index < -0.39 is 66.2 Å². The quantitative estimate of drug-likeness (QED) is 0.173. The molecule has 0 bridgehead atoms. The van der Waals surface area contributed by atoms with Gasteiger partial charge in [0.15, 0.2) is 0 Å². The Balaban J connectivity index is 3.02. The van der Waals surface area contributed by atoms with Crippen LogP contribution in [0, 0.1) is 11.8 Å². The highest BCUT2D eigenvalue weighted by Crippen LogP contribution is 2.08. The molecule has 8 N–H and O–H groups in total. The molecule has 13 nitrogen and oxygen atoms in total. The molecule has 0 spiro atoms. The number of carbonyl (C=O) groups excluding carboxylic acids is 3. The number of aromatic amines is 1. The Morgan fingerprint density at radius 3 is 2.06 bits per heavy atom. The van der Waals surface area contributed by atoms with Gasteiger partial charge in [-0.25, -0.2) is 9.78 Å². The molecule has 4 unspecified atom stereocenters. The molecule has 1 rings (SSSR count). The van der Waals surface area contributed by atoms with Gasteiger partial charge in [0.05, 0.1) is 18.8 Å². The molecule has 0 aromatic carbocycles. The summed E-state index contributed by atoms with van der Waals surface area (Å²) in [5.41, 5.74) is 6.48. The van der Waals surface area contributed by atoms with Crippen LogP contribution in [-0.4, -0.2) is 74.0 Å². The van der Waals surface area contributed by atoms with Crippen LogP contribution in [0.4, 0.5) is 0 Å². The Labute approximate surface area is 197 Å². The number of nitrogens with two attached hydrogens (primary N) is 1. The van der Waals surface area contributed by atoms with Gasteiger partial charge in [0.1, 0.15) is 18.1 Å². The zero-order valence-corrected chi connectivity index (χ0v) is 19.7. The molecule has 1 heterocycles. The van der Waals surface area contributed by atoms with Crippen LogP contribution in [0.15, 0.2) is 12.5 Å². The van der Waals surface area contributed by atoms with E-state index in [2.05, 4.69) is 25.9 Å². The summed E-state index contributed by atoms with van der Waals surface area (Å²) in [6.07, 6.45) is 2.51. The highest BCUT2D eigenvalue weighted by molar-refractivity contribution is 5.94. The van der Waals surface area contributed by atoms with Crippen molar-refractivity contribution in [2.24, 2.45) is 17.6 Å². The molecule has 0 aliphatic carbocycles. The molecule has 34 heavy (non-hydrogen) atoms. The molecule has 190 valence electrons. The second-order valence-electron chi connectivity index (χ2n) is 8.81. The molecule has 0 radical (unpaired) electrons. The smallest absolute Gasteiger partial charge is 0.326 e. The molecule has 0 saturated heterocycles. The minimum Gasteiger partial charge on any atom is -0.481 e. The van der Waals surface area contributed by atoms with E-state index in [4.69, 9.17) is 10.8 Å². The predicted octanol–water partition coefficient (Wildman–Crippen LogP) is -1.00. The van der Waals surface area contributed by atoms with Gasteiger partial charge in [-0.2, -0.15) is 0 Å². The SMILES string of the molecule is CC(C)CC(N)C(=O)NC(Cc1cnc[nH]1)C(=O)NC(C(=O)NC(CC(=O)O)C(=O)O)C(C)C. The summed E-state index contributed by atoms with van der Waals surface area (Å²) >= 11 is 0. The fourth-order valence-electron chi connectivity index (χ4n) is 3.14. The van der Waals surface area contributed by atoms with Gasteiger partial charge < -0.3 is 36.9 Å². The molecule has 3 amide bonds. The van der Waals surface area contributed by atoms with Gasteiger partial charge >= 0.3 is 11.9 Å². The first-order valence-electron chi connectivity index (χ1n) is 10.9. The van der Waals surface area contributed by atoms with Crippen LogP contribution in [0.1, 0.15) is 46.2 Å². The normalized spacial score (nSPS) is 14.7. The summed E-state index contributed by atoms with van der Waals surface area (Å²) in [5, 5.41) is 25.3. The largest absolute Gasteiger partial charge is 0.481 e. The number of imidazole rings is 1. The van der Waals surface area contributed by atoms with Crippen molar-refractivity contribution in [3.63, 3.8) is 0 Å². The molecule has 1 aromatic rings. The number of amides is 3. The number of H-pyrrole nitrogens is 1. The van der Waals surface area contributed by atoms with Gasteiger partial charge in [0.25, 0.3) is 0 Å². The van der Waals surface area contributed by atoms with E-state index in [1.165, 1.54) is 12.5 Å². The van der Waals surface area contributed by atoms with Gasteiger partial charge in [-0.1, -0.05) is 27.7 Å². The fourth-order valence-corrected chi connectivity index (χ4v) is 3.14. The maximum absolute atomic E-state index is 13.1. The lowest BCUT2D eigenvalue weighted by molar-refractivity contribution is -0.147. The molecule has 13 heteroatoms. The first kappa shape index (κ1) is 28.6. The van der Waals surface area contributed by atoms with Crippen molar-refractivity contribution in [1.82, 2.24) is 25.9 Å². The lowest BCUT2D eigenvalue weighted by atomic mass is 10.0. The third-order valence-corrected chi connectivity index (χ3v) is 4.91. The van der Waals surface area contributed by atoms with Crippen LogP contribution in [0.25, 0.3) is 0 Å². The van der Waals surface area contributed by atoms with Crippen molar-refractivity contribution < 1.29 is 34.2 Å². The van der Waals surface area contributed by atoms with Crippen LogP contribution in [0.3, 0.4) is 0 Å². The maximum Gasteiger partial charge on any atom is 0.326 e. The van der Waals surface area contributed by atoms with Gasteiger partial charge in [-0.05, 0) is 18.3 Å². The summed E-state index contributed by atoms with van der Waals surface area (Å²) < 4.78 is 0. The maximum atomic E-state index is 13.1. The average molecular weight is 483 g/mol. The number of aromatic nitrogens is 2. The molecular formula is C21H34N6O7. The number of carbonyl (C=O) groups is 5. The van der Waals surface area contributed by atoms with Gasteiger partial charge in [-0.3, -0.25) is 19.2 Å². The second-order valence-corrected chi connectivity index (χ2v) is 8.81. The third-order valence-electron chi connectivity index (χ3n) is 4.91. The van der Waals surface area contributed by atoms with Crippen molar-refractivity contribution in [2.45, 2.75) is 71.1 Å². The van der Waals surface area contributed by atoms with Crippen LogP contribution < -0.4 is 21.7 Å². The number of carboxylic acid groups (broad SMARTS) is 2. The van der Waals surface area contributed by atoms with Crippen molar-refractivity contribution in [1.29, 1.82) is 0 Å². The Kier molecular flexibility index (Phi) is 11.2. The Morgan fingerprint density at radius 2 is 1.59 bits per heavy atom. The van der Waals surface area contributed by atoms with E-state index in [-0.39, 0.29) is 12.3 Å². The number of nitrogens with one attached hydrogen (secondary N) is 4. The highest BCUT2D eigenvalue weighted by atomic mass is 16.4. The molecular weight excluding hydrogens is 448 g/mol. The topological polar surface area (TPSA) is 217 Å². The standard InChI is InChI=1S/C21H34N6O7/c1-10(2)5-13(22)18(30)25-14(6-12-8-23-9-24-12)19(31)27-17(11(3)4)20(32)26-15(21(33)34)7-16(28)29/h8-11,13-15,17H,5-7,22H2,1-4H3,(H,23,24)(H,25,30)(H,26,32)(H,27,31)(H,28,29)(H,33,34). The first-order valence-corrected chi connectivity index (χ1v) is 10.9. The number of hydrogen-bond donors (Lipinski definition) is 7. The van der Waals surface area contributed by atoms with Crippen LogP contribution >= 0.6 is 0 Å². The second kappa shape index (κ2) is 13.3. The zero-order valence-electron chi connectivity index (χ0n) is 19.7. The lowest BCUT2D eigenvalue weighted by Crippen LogP contribution is -2.59. The molecule has 0 aliphatic heterocycles. The van der Waals surface area contributed by atoms with Gasteiger partial charge in [-0.15, -0.1) is 0 Å². The van der Waals surface area contributed by atoms with E-state index in [9.17, 15) is 29.1 Å². The lowest BCUT2D eigenvalue weighted by Gasteiger charge is -2.27.